The van der Waals surface area contributed by atoms with E-state index in [0.717, 1.165) is 36.0 Å². The molecule has 0 atom stereocenters. The first kappa shape index (κ1) is 14.1. The van der Waals surface area contributed by atoms with E-state index < -0.39 is 0 Å². The summed E-state index contributed by atoms with van der Waals surface area (Å²) >= 11 is 5.86. The van der Waals surface area contributed by atoms with Crippen LogP contribution in [0.2, 0.25) is 0 Å². The Labute approximate surface area is 129 Å². The van der Waals surface area contributed by atoms with Gasteiger partial charge in [-0.15, -0.1) is 11.6 Å². The molecule has 0 saturated heterocycles. The van der Waals surface area contributed by atoms with Crippen molar-refractivity contribution in [1.29, 1.82) is 0 Å². The van der Waals surface area contributed by atoms with Gasteiger partial charge in [0, 0.05) is 31.9 Å². The molecule has 0 N–H and O–H groups in total. The highest BCUT2D eigenvalue weighted by Crippen LogP contribution is 2.45. The van der Waals surface area contributed by atoms with Crippen LogP contribution in [0.5, 0.6) is 0 Å². The fourth-order valence-electron chi connectivity index (χ4n) is 2.56. The maximum absolute atomic E-state index is 5.86. The topological polar surface area (TPSA) is 41.5 Å². The Hall–Kier alpha value is -1.85. The Bertz CT molecular complexity index is 575. The summed E-state index contributed by atoms with van der Waals surface area (Å²) in [5.74, 6) is 2.28. The van der Waals surface area contributed by atoms with E-state index in [2.05, 4.69) is 27.0 Å². The molecule has 0 unspecified atom stereocenters. The van der Waals surface area contributed by atoms with Gasteiger partial charge in [0.15, 0.2) is 11.6 Å². The van der Waals surface area contributed by atoms with Crippen molar-refractivity contribution in [3.8, 4) is 0 Å². The lowest BCUT2D eigenvalue weighted by Gasteiger charge is -2.37. The number of benzene rings is 1. The highest BCUT2D eigenvalue weighted by molar-refractivity contribution is 6.17. The summed E-state index contributed by atoms with van der Waals surface area (Å²) in [4.78, 5) is 13.2. The highest BCUT2D eigenvalue weighted by atomic mass is 35.5. The Morgan fingerprint density at radius 3 is 2.29 bits per heavy atom. The minimum Gasteiger partial charge on any atom is -0.364 e. The second-order valence-corrected chi connectivity index (χ2v) is 5.11. The van der Waals surface area contributed by atoms with E-state index in [1.807, 2.05) is 17.0 Å². The number of alkyl halides is 1. The molecule has 1 aromatic carbocycles. The average molecular weight is 305 g/mol. The summed E-state index contributed by atoms with van der Waals surface area (Å²) in [5, 5.41) is 0. The van der Waals surface area contributed by atoms with Gasteiger partial charge in [0.1, 0.15) is 6.73 Å². The van der Waals surface area contributed by atoms with Crippen molar-refractivity contribution < 1.29 is 4.74 Å². The fourth-order valence-corrected chi connectivity index (χ4v) is 2.68. The van der Waals surface area contributed by atoms with Crippen molar-refractivity contribution in [3.63, 3.8) is 0 Å². The summed E-state index contributed by atoms with van der Waals surface area (Å²) in [5.41, 5.74) is 2.18. The Balaban J connectivity index is 2.11. The van der Waals surface area contributed by atoms with Gasteiger partial charge in [-0.1, -0.05) is 12.1 Å². The van der Waals surface area contributed by atoms with Crippen molar-refractivity contribution in [2.75, 3.05) is 36.1 Å². The molecule has 1 aliphatic rings. The summed E-state index contributed by atoms with van der Waals surface area (Å²) in [6.07, 6.45) is 4.30. The minimum absolute atomic E-state index is 0.437. The van der Waals surface area contributed by atoms with Crippen LogP contribution in [0.4, 0.5) is 23.0 Å². The van der Waals surface area contributed by atoms with Gasteiger partial charge >= 0.3 is 0 Å². The number of anilines is 4. The van der Waals surface area contributed by atoms with Gasteiger partial charge in [-0.2, -0.15) is 0 Å². The van der Waals surface area contributed by atoms with E-state index in [4.69, 9.17) is 16.3 Å². The first-order valence-corrected chi connectivity index (χ1v) is 7.40. The van der Waals surface area contributed by atoms with Crippen molar-refractivity contribution in [2.45, 2.75) is 6.42 Å². The number of para-hydroxylation sites is 2. The van der Waals surface area contributed by atoms with Crippen LogP contribution in [0.3, 0.4) is 0 Å². The molecule has 2 heterocycles. The van der Waals surface area contributed by atoms with Crippen LogP contribution >= 0.6 is 11.6 Å². The van der Waals surface area contributed by atoms with E-state index in [0.29, 0.717) is 12.6 Å². The van der Waals surface area contributed by atoms with Crippen LogP contribution in [0.1, 0.15) is 6.42 Å². The van der Waals surface area contributed by atoms with E-state index in [1.165, 1.54) is 0 Å². The zero-order valence-corrected chi connectivity index (χ0v) is 12.6. The van der Waals surface area contributed by atoms with E-state index >= 15 is 0 Å². The molecule has 1 aromatic heterocycles. The molecule has 0 spiro atoms. The Kier molecular flexibility index (Phi) is 4.22. The normalized spacial score (nSPS) is 13.0. The molecule has 0 saturated carbocycles. The third-order valence-corrected chi connectivity index (χ3v) is 3.68. The predicted octanol–water partition coefficient (Wildman–Crippen LogP) is 3.30. The Morgan fingerprint density at radius 1 is 1.05 bits per heavy atom. The minimum atomic E-state index is 0.437. The number of nitrogens with zero attached hydrogens (tertiary/aromatic N) is 4. The summed E-state index contributed by atoms with van der Waals surface area (Å²) in [6.45, 7) is 1.25. The van der Waals surface area contributed by atoms with Crippen molar-refractivity contribution in [3.05, 3.63) is 36.7 Å². The van der Waals surface area contributed by atoms with Gasteiger partial charge in [0.05, 0.1) is 11.4 Å². The zero-order valence-electron chi connectivity index (χ0n) is 11.9. The molecular formula is C15H17ClN4O. The van der Waals surface area contributed by atoms with Crippen LogP contribution in [-0.4, -0.2) is 36.2 Å². The van der Waals surface area contributed by atoms with E-state index in [9.17, 15) is 0 Å². The second kappa shape index (κ2) is 6.28. The molecular weight excluding hydrogens is 288 g/mol. The summed E-state index contributed by atoms with van der Waals surface area (Å²) in [7, 11) is 1.68. The highest BCUT2D eigenvalue weighted by Gasteiger charge is 2.29. The van der Waals surface area contributed by atoms with Crippen LogP contribution in [0, 0.1) is 0 Å². The fraction of sp³-hybridized carbons (Fsp3) is 0.333. The van der Waals surface area contributed by atoms with E-state index in [1.54, 1.807) is 19.5 Å². The molecule has 0 fully saturated rings. The van der Waals surface area contributed by atoms with Gasteiger partial charge in [0.25, 0.3) is 0 Å². The molecule has 0 amide bonds. The second-order valence-electron chi connectivity index (χ2n) is 4.73. The van der Waals surface area contributed by atoms with Gasteiger partial charge in [-0.25, -0.2) is 9.97 Å². The summed E-state index contributed by atoms with van der Waals surface area (Å²) in [6, 6.07) is 8.20. The van der Waals surface area contributed by atoms with E-state index in [-0.39, 0.29) is 0 Å². The van der Waals surface area contributed by atoms with Crippen molar-refractivity contribution in [2.24, 2.45) is 0 Å². The lowest BCUT2D eigenvalue weighted by Crippen LogP contribution is -2.32. The van der Waals surface area contributed by atoms with Gasteiger partial charge in [0.2, 0.25) is 0 Å². The lowest BCUT2D eigenvalue weighted by atomic mass is 10.1. The average Bonchev–Trinajstić information content (AvgIpc) is 2.54. The van der Waals surface area contributed by atoms with Crippen LogP contribution in [0.25, 0.3) is 0 Å². The quantitative estimate of drug-likeness (QED) is 0.793. The third kappa shape index (κ3) is 2.54. The molecule has 110 valence electrons. The molecule has 3 rings (SSSR count). The molecule has 0 bridgehead atoms. The standard InChI is InChI=1S/C15H17ClN4O/c1-21-11-20-13-6-3-2-5-12(13)19(10-4-7-16)14-15(20)18-9-8-17-14/h2-3,5-6,8-9H,4,7,10-11H2,1H3. The monoisotopic (exact) mass is 304 g/mol. The number of methoxy groups -OCH3 is 1. The molecule has 0 aliphatic carbocycles. The van der Waals surface area contributed by atoms with Crippen LogP contribution < -0.4 is 9.80 Å². The molecule has 6 heteroatoms. The van der Waals surface area contributed by atoms with Crippen LogP contribution in [-0.2, 0) is 4.74 Å². The summed E-state index contributed by atoms with van der Waals surface area (Å²) < 4.78 is 5.33. The maximum atomic E-state index is 5.86. The molecule has 21 heavy (non-hydrogen) atoms. The first-order chi connectivity index (χ1) is 10.4. The predicted molar refractivity (Wildman–Crippen MR) is 84.8 cm³/mol. The molecule has 1 aliphatic heterocycles. The smallest absolute Gasteiger partial charge is 0.178 e. The van der Waals surface area contributed by atoms with Crippen molar-refractivity contribution in [1.82, 2.24) is 9.97 Å². The number of aromatic nitrogens is 2. The molecule has 5 nitrogen and oxygen atoms in total. The number of hydrogen-bond acceptors (Lipinski definition) is 5. The van der Waals surface area contributed by atoms with Crippen molar-refractivity contribution >= 4 is 34.6 Å². The Morgan fingerprint density at radius 2 is 1.67 bits per heavy atom. The SMILES string of the molecule is COCN1c2ccccc2N(CCCCl)c2nccnc21. The molecule has 2 aromatic rings. The lowest BCUT2D eigenvalue weighted by molar-refractivity contribution is 0.205. The third-order valence-electron chi connectivity index (χ3n) is 3.41. The van der Waals surface area contributed by atoms with Gasteiger partial charge in [-0.05, 0) is 18.6 Å². The number of rotatable bonds is 5. The number of hydrogen-bond donors (Lipinski definition) is 0. The number of halogens is 1. The maximum Gasteiger partial charge on any atom is 0.178 e. The number of ether oxygens (including phenoxy) is 1. The van der Waals surface area contributed by atoms with Crippen LogP contribution in [0.15, 0.2) is 36.7 Å². The molecule has 0 radical (unpaired) electrons. The van der Waals surface area contributed by atoms with Gasteiger partial charge in [-0.3, -0.25) is 4.90 Å². The van der Waals surface area contributed by atoms with Gasteiger partial charge < -0.3 is 9.64 Å². The first-order valence-electron chi connectivity index (χ1n) is 6.87. The number of fused-ring (bicyclic) bond motifs is 2. The largest absolute Gasteiger partial charge is 0.364 e. The zero-order chi connectivity index (χ0) is 14.7.